The topological polar surface area (TPSA) is 20.2 Å². The van der Waals surface area contributed by atoms with Gasteiger partial charge >= 0.3 is 0 Å². The zero-order chi connectivity index (χ0) is 11.2. The van der Waals surface area contributed by atoms with Crippen molar-refractivity contribution < 1.29 is 5.11 Å². The lowest BCUT2D eigenvalue weighted by Crippen LogP contribution is -2.36. The number of hydrogen-bond donors (Lipinski definition) is 1. The third kappa shape index (κ3) is 1.92. The Hall–Kier alpha value is 0.310. The van der Waals surface area contributed by atoms with Gasteiger partial charge in [-0.3, -0.25) is 0 Å². The van der Waals surface area contributed by atoms with Gasteiger partial charge in [0.2, 0.25) is 0 Å². The molecule has 1 heterocycles. The Labute approximate surface area is 103 Å². The van der Waals surface area contributed by atoms with Crippen molar-refractivity contribution in [2.45, 2.75) is 62.7 Å². The molecule has 1 saturated heterocycles. The molecule has 0 aromatic rings. The molecule has 2 aliphatic carbocycles. The fourth-order valence-corrected chi connectivity index (χ4v) is 5.60. The first-order chi connectivity index (χ1) is 7.67. The van der Waals surface area contributed by atoms with Gasteiger partial charge in [-0.25, -0.2) is 0 Å². The monoisotopic (exact) mass is 240 g/mol. The van der Waals surface area contributed by atoms with Gasteiger partial charge in [-0.1, -0.05) is 6.42 Å². The summed E-state index contributed by atoms with van der Waals surface area (Å²) in [7, 11) is 0. The molecule has 1 aliphatic heterocycles. The third-order valence-electron chi connectivity index (χ3n) is 5.36. The van der Waals surface area contributed by atoms with Crippen molar-refractivity contribution in [3.8, 4) is 0 Å². The van der Waals surface area contributed by atoms with Crippen LogP contribution in [0.15, 0.2) is 0 Å². The predicted octanol–water partition coefficient (Wildman–Crippen LogP) is 3.46. The first-order valence-electron chi connectivity index (χ1n) is 6.99. The molecule has 1 nitrogen and oxygen atoms in total. The fraction of sp³-hybridized carbons (Fsp3) is 1.00. The van der Waals surface area contributed by atoms with Gasteiger partial charge in [-0.15, -0.1) is 0 Å². The van der Waals surface area contributed by atoms with Crippen molar-refractivity contribution in [2.75, 3.05) is 5.75 Å². The molecule has 0 spiro atoms. The zero-order valence-electron chi connectivity index (χ0n) is 10.3. The first kappa shape index (κ1) is 11.4. The van der Waals surface area contributed by atoms with Gasteiger partial charge < -0.3 is 5.11 Å². The fourth-order valence-electron chi connectivity index (χ4n) is 4.26. The van der Waals surface area contributed by atoms with E-state index in [4.69, 9.17) is 0 Å². The van der Waals surface area contributed by atoms with Crippen LogP contribution in [0.25, 0.3) is 0 Å². The highest BCUT2D eigenvalue weighted by Crippen LogP contribution is 2.51. The van der Waals surface area contributed by atoms with E-state index in [-0.39, 0.29) is 10.9 Å². The molecular weight excluding hydrogens is 216 g/mol. The molecule has 5 unspecified atom stereocenters. The molecule has 0 radical (unpaired) electrons. The Balaban J connectivity index is 1.58. The van der Waals surface area contributed by atoms with Crippen LogP contribution < -0.4 is 0 Å². The standard InChI is InChI=1S/C14H24OS/c1-14(5-2-6-16-14)13(15)9-12-8-10-3-4-11(12)7-10/h10-13,15H,2-9H2,1H3. The molecule has 0 aromatic heterocycles. The number of aliphatic hydroxyl groups excluding tert-OH is 1. The Morgan fingerprint density at radius 3 is 2.81 bits per heavy atom. The second-order valence-corrected chi connectivity index (χ2v) is 8.08. The van der Waals surface area contributed by atoms with Gasteiger partial charge in [0.05, 0.1) is 6.10 Å². The summed E-state index contributed by atoms with van der Waals surface area (Å²) in [4.78, 5) is 0. The van der Waals surface area contributed by atoms with Gasteiger partial charge in [0.15, 0.2) is 0 Å². The van der Waals surface area contributed by atoms with Crippen molar-refractivity contribution >= 4 is 11.8 Å². The molecule has 3 rings (SSSR count). The molecule has 2 saturated carbocycles. The molecule has 92 valence electrons. The van der Waals surface area contributed by atoms with Crippen LogP contribution in [0.4, 0.5) is 0 Å². The Morgan fingerprint density at radius 1 is 1.38 bits per heavy atom. The largest absolute Gasteiger partial charge is 0.392 e. The van der Waals surface area contributed by atoms with Crippen molar-refractivity contribution in [1.29, 1.82) is 0 Å². The molecule has 1 N–H and O–H groups in total. The van der Waals surface area contributed by atoms with Crippen LogP contribution in [0, 0.1) is 17.8 Å². The number of rotatable bonds is 3. The molecule has 3 aliphatic rings. The molecule has 2 bridgehead atoms. The number of thioether (sulfide) groups is 1. The molecule has 2 heteroatoms. The Bertz CT molecular complexity index is 259. The molecule has 0 aromatic carbocycles. The Kier molecular flexibility index (Phi) is 3.00. The van der Waals surface area contributed by atoms with Crippen LogP contribution in [-0.2, 0) is 0 Å². The number of aliphatic hydroxyl groups is 1. The van der Waals surface area contributed by atoms with Crippen LogP contribution in [-0.4, -0.2) is 21.7 Å². The molecule has 0 amide bonds. The third-order valence-corrected chi connectivity index (χ3v) is 6.99. The van der Waals surface area contributed by atoms with E-state index in [1.165, 1.54) is 44.3 Å². The lowest BCUT2D eigenvalue weighted by Gasteiger charge is -2.33. The van der Waals surface area contributed by atoms with E-state index in [1.54, 1.807) is 0 Å². The van der Waals surface area contributed by atoms with E-state index in [2.05, 4.69) is 6.92 Å². The Morgan fingerprint density at radius 2 is 2.25 bits per heavy atom. The van der Waals surface area contributed by atoms with Gasteiger partial charge in [0.1, 0.15) is 0 Å². The van der Waals surface area contributed by atoms with E-state index < -0.39 is 0 Å². The average molecular weight is 240 g/mol. The average Bonchev–Trinajstić information content (AvgIpc) is 2.93. The van der Waals surface area contributed by atoms with Gasteiger partial charge in [-0.05, 0) is 69.0 Å². The summed E-state index contributed by atoms with van der Waals surface area (Å²) >= 11 is 2.01. The summed E-state index contributed by atoms with van der Waals surface area (Å²) in [5.74, 6) is 4.09. The van der Waals surface area contributed by atoms with Crippen molar-refractivity contribution in [2.24, 2.45) is 17.8 Å². The zero-order valence-corrected chi connectivity index (χ0v) is 11.1. The predicted molar refractivity (Wildman–Crippen MR) is 69.7 cm³/mol. The second-order valence-electron chi connectivity index (χ2n) is 6.45. The molecule has 16 heavy (non-hydrogen) atoms. The quantitative estimate of drug-likeness (QED) is 0.815. The van der Waals surface area contributed by atoms with Crippen molar-refractivity contribution in [3.63, 3.8) is 0 Å². The van der Waals surface area contributed by atoms with E-state index in [1.807, 2.05) is 11.8 Å². The maximum atomic E-state index is 10.5. The normalized spacial score (nSPS) is 48.8. The smallest absolute Gasteiger partial charge is 0.0686 e. The van der Waals surface area contributed by atoms with Crippen molar-refractivity contribution in [3.05, 3.63) is 0 Å². The summed E-state index contributed by atoms with van der Waals surface area (Å²) in [5.41, 5.74) is 0. The lowest BCUT2D eigenvalue weighted by molar-refractivity contribution is 0.0916. The summed E-state index contributed by atoms with van der Waals surface area (Å²) in [6, 6.07) is 0. The highest BCUT2D eigenvalue weighted by molar-refractivity contribution is 8.00. The van der Waals surface area contributed by atoms with Gasteiger partial charge in [0.25, 0.3) is 0 Å². The summed E-state index contributed by atoms with van der Waals surface area (Å²) < 4.78 is 0.182. The highest BCUT2D eigenvalue weighted by Gasteiger charge is 2.44. The molecule has 5 atom stereocenters. The minimum Gasteiger partial charge on any atom is -0.392 e. The van der Waals surface area contributed by atoms with Crippen LogP contribution in [0.1, 0.15) is 51.9 Å². The van der Waals surface area contributed by atoms with E-state index >= 15 is 0 Å². The van der Waals surface area contributed by atoms with Gasteiger partial charge in [-0.2, -0.15) is 11.8 Å². The second kappa shape index (κ2) is 4.20. The van der Waals surface area contributed by atoms with E-state index in [0.717, 1.165) is 24.2 Å². The highest BCUT2D eigenvalue weighted by atomic mass is 32.2. The summed E-state index contributed by atoms with van der Waals surface area (Å²) in [5, 5.41) is 10.5. The van der Waals surface area contributed by atoms with Crippen LogP contribution in [0.5, 0.6) is 0 Å². The van der Waals surface area contributed by atoms with Crippen LogP contribution >= 0.6 is 11.8 Å². The number of fused-ring (bicyclic) bond motifs is 2. The minimum atomic E-state index is -0.0515. The SMILES string of the molecule is CC1(C(O)CC2CC3CCC2C3)CCCS1. The van der Waals surface area contributed by atoms with Crippen LogP contribution in [0.2, 0.25) is 0 Å². The maximum absolute atomic E-state index is 10.5. The maximum Gasteiger partial charge on any atom is 0.0686 e. The molecule has 3 fully saturated rings. The van der Waals surface area contributed by atoms with Crippen LogP contribution in [0.3, 0.4) is 0 Å². The molecular formula is C14H24OS. The van der Waals surface area contributed by atoms with Gasteiger partial charge in [0, 0.05) is 4.75 Å². The number of hydrogen-bond acceptors (Lipinski definition) is 2. The summed E-state index contributed by atoms with van der Waals surface area (Å²) in [6.45, 7) is 2.28. The minimum absolute atomic E-state index is 0.0515. The van der Waals surface area contributed by atoms with E-state index in [0.29, 0.717) is 0 Å². The van der Waals surface area contributed by atoms with E-state index in [9.17, 15) is 5.11 Å². The summed E-state index contributed by atoms with van der Waals surface area (Å²) in [6.07, 6.45) is 9.38. The first-order valence-corrected chi connectivity index (χ1v) is 7.98. The van der Waals surface area contributed by atoms with Crippen molar-refractivity contribution in [1.82, 2.24) is 0 Å². The lowest BCUT2D eigenvalue weighted by atomic mass is 9.81.